The van der Waals surface area contributed by atoms with Crippen molar-refractivity contribution in [3.8, 4) is 5.75 Å². The fourth-order valence-corrected chi connectivity index (χ4v) is 3.32. The fraction of sp³-hybridized carbons (Fsp3) is 0.316. The Morgan fingerprint density at radius 2 is 1.83 bits per heavy atom. The molecule has 1 fully saturated rings. The first kappa shape index (κ1) is 20.4. The van der Waals surface area contributed by atoms with Crippen molar-refractivity contribution in [2.75, 3.05) is 23.3 Å². The second-order valence-electron chi connectivity index (χ2n) is 6.72. The van der Waals surface area contributed by atoms with Crippen LogP contribution in [0.4, 0.5) is 30.2 Å². The van der Waals surface area contributed by atoms with Crippen molar-refractivity contribution >= 4 is 23.0 Å². The molecule has 10 heteroatoms. The number of piperidine rings is 1. The Morgan fingerprint density at radius 1 is 1.17 bits per heavy atom. The Bertz CT molecular complexity index is 925. The van der Waals surface area contributed by atoms with E-state index in [1.807, 2.05) is 0 Å². The monoisotopic (exact) mass is 409 g/mol. The third kappa shape index (κ3) is 4.58. The lowest BCUT2D eigenvalue weighted by molar-refractivity contribution is -0.388. The minimum atomic E-state index is -4.84. The van der Waals surface area contributed by atoms with Crippen LogP contribution in [0.3, 0.4) is 0 Å². The summed E-state index contributed by atoms with van der Waals surface area (Å²) in [6.07, 6.45) is -4.04. The number of para-hydroxylation sites is 2. The number of phenols is 1. The maximum atomic E-state index is 13.2. The number of carbonyl (C=O) groups is 1. The van der Waals surface area contributed by atoms with Gasteiger partial charge in [0, 0.05) is 30.8 Å². The summed E-state index contributed by atoms with van der Waals surface area (Å²) in [5.74, 6) is -0.680. The van der Waals surface area contributed by atoms with E-state index in [4.69, 9.17) is 0 Å². The number of nitro benzene ring substituents is 1. The van der Waals surface area contributed by atoms with Gasteiger partial charge in [-0.1, -0.05) is 12.1 Å². The topological polar surface area (TPSA) is 95.7 Å². The highest BCUT2D eigenvalue weighted by Gasteiger charge is 2.39. The number of carbonyl (C=O) groups excluding carboxylic acids is 1. The number of nitrogens with one attached hydrogen (secondary N) is 1. The van der Waals surface area contributed by atoms with E-state index in [0.29, 0.717) is 31.6 Å². The van der Waals surface area contributed by atoms with Crippen LogP contribution in [-0.4, -0.2) is 29.0 Å². The number of rotatable bonds is 4. The molecule has 0 atom stereocenters. The van der Waals surface area contributed by atoms with Crippen molar-refractivity contribution in [1.82, 2.24) is 0 Å². The van der Waals surface area contributed by atoms with Gasteiger partial charge < -0.3 is 15.3 Å². The van der Waals surface area contributed by atoms with Gasteiger partial charge in [-0.3, -0.25) is 14.9 Å². The first-order valence-electron chi connectivity index (χ1n) is 8.86. The number of nitrogens with zero attached hydrogens (tertiary/aromatic N) is 2. The molecule has 0 bridgehead atoms. The Hall–Kier alpha value is -3.30. The third-order valence-corrected chi connectivity index (χ3v) is 4.88. The van der Waals surface area contributed by atoms with Gasteiger partial charge in [-0.2, -0.15) is 13.2 Å². The van der Waals surface area contributed by atoms with Crippen LogP contribution < -0.4 is 10.2 Å². The van der Waals surface area contributed by atoms with Gasteiger partial charge >= 0.3 is 6.18 Å². The summed E-state index contributed by atoms with van der Waals surface area (Å²) in [7, 11) is 0. The lowest BCUT2D eigenvalue weighted by Crippen LogP contribution is -2.38. The summed E-state index contributed by atoms with van der Waals surface area (Å²) in [6.45, 7) is 0.655. The molecule has 1 saturated heterocycles. The number of nitro groups is 1. The molecule has 7 nitrogen and oxygen atoms in total. The van der Waals surface area contributed by atoms with Gasteiger partial charge in [0.25, 0.3) is 5.69 Å². The molecule has 0 radical (unpaired) electrons. The third-order valence-electron chi connectivity index (χ3n) is 4.88. The molecule has 154 valence electrons. The van der Waals surface area contributed by atoms with E-state index in [2.05, 4.69) is 5.32 Å². The molecule has 2 aromatic carbocycles. The average Bonchev–Trinajstić information content (AvgIpc) is 2.68. The second-order valence-corrected chi connectivity index (χ2v) is 6.72. The first-order chi connectivity index (χ1) is 13.7. The molecule has 0 saturated carbocycles. The van der Waals surface area contributed by atoms with Crippen LogP contribution in [0.2, 0.25) is 0 Å². The van der Waals surface area contributed by atoms with Crippen molar-refractivity contribution in [2.45, 2.75) is 19.0 Å². The van der Waals surface area contributed by atoms with E-state index in [1.54, 1.807) is 23.1 Å². The molecule has 1 aliphatic heterocycles. The number of alkyl halides is 3. The van der Waals surface area contributed by atoms with Crippen molar-refractivity contribution in [3.05, 3.63) is 58.1 Å². The number of amides is 1. The molecule has 1 amide bonds. The summed E-state index contributed by atoms with van der Waals surface area (Å²) >= 11 is 0. The second kappa shape index (κ2) is 7.98. The predicted octanol–water partition coefficient (Wildman–Crippen LogP) is 4.17. The first-order valence-corrected chi connectivity index (χ1v) is 8.86. The predicted molar refractivity (Wildman–Crippen MR) is 99.8 cm³/mol. The smallest absolute Gasteiger partial charge is 0.423 e. The van der Waals surface area contributed by atoms with Crippen LogP contribution in [0.1, 0.15) is 18.4 Å². The van der Waals surface area contributed by atoms with E-state index in [1.165, 1.54) is 12.1 Å². The molecule has 3 rings (SSSR count). The molecular formula is C19H18F3N3O4. The van der Waals surface area contributed by atoms with E-state index >= 15 is 0 Å². The van der Waals surface area contributed by atoms with E-state index in [-0.39, 0.29) is 23.3 Å². The highest BCUT2D eigenvalue weighted by atomic mass is 19.4. The number of hydrogen-bond acceptors (Lipinski definition) is 5. The van der Waals surface area contributed by atoms with Crippen molar-refractivity contribution in [1.29, 1.82) is 0 Å². The molecule has 1 aliphatic rings. The van der Waals surface area contributed by atoms with Crippen LogP contribution in [0.15, 0.2) is 42.5 Å². The van der Waals surface area contributed by atoms with Crippen LogP contribution in [0, 0.1) is 16.0 Å². The Balaban J connectivity index is 1.68. The Kier molecular flexibility index (Phi) is 5.62. The molecule has 2 N–H and O–H groups in total. The summed E-state index contributed by atoms with van der Waals surface area (Å²) in [4.78, 5) is 23.9. The van der Waals surface area contributed by atoms with Crippen molar-refractivity contribution in [2.24, 2.45) is 5.92 Å². The van der Waals surface area contributed by atoms with Gasteiger partial charge in [0.1, 0.15) is 11.3 Å². The number of aromatic hydroxyl groups is 1. The van der Waals surface area contributed by atoms with Gasteiger partial charge in [0.05, 0.1) is 10.6 Å². The van der Waals surface area contributed by atoms with Crippen molar-refractivity contribution < 1.29 is 28.0 Å². The van der Waals surface area contributed by atoms with Crippen LogP contribution in [0.5, 0.6) is 5.75 Å². The summed E-state index contributed by atoms with van der Waals surface area (Å²) in [5.41, 5.74) is -1.76. The zero-order chi connectivity index (χ0) is 21.2. The molecule has 0 aromatic heterocycles. The number of benzene rings is 2. The van der Waals surface area contributed by atoms with Gasteiger partial charge in [-0.15, -0.1) is 0 Å². The van der Waals surface area contributed by atoms with Gasteiger partial charge in [0.2, 0.25) is 5.91 Å². The quantitative estimate of drug-likeness (QED) is 0.449. The SMILES string of the molecule is O=C(Nc1ccccc1O)C1CCN(c2ccc([N+](=O)[O-])c(C(F)(F)F)c2)CC1. The summed E-state index contributed by atoms with van der Waals surface area (Å²) in [5, 5.41) is 23.3. The molecular weight excluding hydrogens is 391 g/mol. The zero-order valence-corrected chi connectivity index (χ0v) is 15.1. The van der Waals surface area contributed by atoms with Crippen LogP contribution in [0.25, 0.3) is 0 Å². The van der Waals surface area contributed by atoms with Crippen LogP contribution in [-0.2, 0) is 11.0 Å². The van der Waals surface area contributed by atoms with Crippen LogP contribution >= 0.6 is 0 Å². The van der Waals surface area contributed by atoms with E-state index in [9.17, 15) is 33.2 Å². The maximum Gasteiger partial charge on any atom is 0.423 e. The minimum Gasteiger partial charge on any atom is -0.506 e. The van der Waals surface area contributed by atoms with E-state index < -0.39 is 22.4 Å². The number of hydrogen-bond donors (Lipinski definition) is 2. The summed E-state index contributed by atoms with van der Waals surface area (Å²) in [6, 6.07) is 9.24. The van der Waals surface area contributed by atoms with E-state index in [0.717, 1.165) is 12.1 Å². The largest absolute Gasteiger partial charge is 0.506 e. The Morgan fingerprint density at radius 3 is 2.41 bits per heavy atom. The molecule has 0 spiro atoms. The lowest BCUT2D eigenvalue weighted by Gasteiger charge is -2.33. The normalized spacial score (nSPS) is 15.2. The standard InChI is InChI=1S/C19H18F3N3O4/c20-19(21,22)14-11-13(5-6-16(14)25(28)29)24-9-7-12(8-10-24)18(27)23-15-3-1-2-4-17(15)26/h1-6,11-12,26H,7-10H2,(H,23,27). The Labute approximate surface area is 163 Å². The highest BCUT2D eigenvalue weighted by Crippen LogP contribution is 2.39. The molecule has 2 aromatic rings. The van der Waals surface area contributed by atoms with Gasteiger partial charge in [0.15, 0.2) is 0 Å². The highest BCUT2D eigenvalue weighted by molar-refractivity contribution is 5.94. The zero-order valence-electron chi connectivity index (χ0n) is 15.1. The van der Waals surface area contributed by atoms with Crippen molar-refractivity contribution in [3.63, 3.8) is 0 Å². The summed E-state index contributed by atoms with van der Waals surface area (Å²) < 4.78 is 39.5. The van der Waals surface area contributed by atoms with Gasteiger partial charge in [-0.25, -0.2) is 0 Å². The average molecular weight is 409 g/mol. The minimum absolute atomic E-state index is 0.0520. The number of phenolic OH excluding ortho intramolecular Hbond substituents is 1. The number of halogens is 3. The molecule has 0 aliphatic carbocycles. The molecule has 1 heterocycles. The molecule has 0 unspecified atom stereocenters. The number of anilines is 2. The lowest BCUT2D eigenvalue weighted by atomic mass is 9.95. The fourth-order valence-electron chi connectivity index (χ4n) is 3.32. The molecule has 29 heavy (non-hydrogen) atoms. The maximum absolute atomic E-state index is 13.2. The van der Waals surface area contributed by atoms with Gasteiger partial charge in [-0.05, 0) is 37.1 Å².